The van der Waals surface area contributed by atoms with Crippen molar-refractivity contribution in [3.63, 3.8) is 0 Å². The highest BCUT2D eigenvalue weighted by molar-refractivity contribution is 5.74. The van der Waals surface area contributed by atoms with E-state index in [-0.39, 0.29) is 5.91 Å². The summed E-state index contributed by atoms with van der Waals surface area (Å²) in [6.45, 7) is 3.37. The molecule has 62 valence electrons. The van der Waals surface area contributed by atoms with E-state index in [0.29, 0.717) is 5.92 Å². The van der Waals surface area contributed by atoms with Crippen LogP contribution in [0.2, 0.25) is 0 Å². The molecule has 0 aliphatic carbocycles. The molecule has 11 heavy (non-hydrogen) atoms. The second-order valence-corrected chi connectivity index (χ2v) is 2.92. The summed E-state index contributed by atoms with van der Waals surface area (Å²) in [5.41, 5.74) is 0. The van der Waals surface area contributed by atoms with E-state index in [9.17, 15) is 4.79 Å². The quantitative estimate of drug-likeness (QED) is 0.508. The van der Waals surface area contributed by atoms with Gasteiger partial charge < -0.3 is 9.89 Å². The average Bonchev–Trinajstić information content (AvgIpc) is 2.37. The van der Waals surface area contributed by atoms with E-state index in [1.807, 2.05) is 11.1 Å². The Hall–Kier alpha value is -0.860. The molecule has 0 spiro atoms. The second kappa shape index (κ2) is 3.51. The number of hydrogen-bond donors (Lipinski definition) is 0. The first-order chi connectivity index (χ1) is 5.24. The third-order valence-electron chi connectivity index (χ3n) is 2.03. The Labute approximate surface area is 67.1 Å². The predicted molar refractivity (Wildman–Crippen MR) is 44.8 cm³/mol. The molecule has 1 aliphatic heterocycles. The minimum Gasteiger partial charge on any atom is -0.342 e. The summed E-state index contributed by atoms with van der Waals surface area (Å²) in [7, 11) is 1.77. The largest absolute Gasteiger partial charge is 0.342 e. The van der Waals surface area contributed by atoms with Crippen LogP contribution < -0.4 is 0 Å². The number of aliphatic imine (C=N–C) groups is 1. The third-order valence-corrected chi connectivity index (χ3v) is 2.03. The fourth-order valence-corrected chi connectivity index (χ4v) is 1.41. The number of hydrogen-bond acceptors (Lipinski definition) is 2. The number of likely N-dealkylation sites (tertiary alicyclic amines) is 1. The summed E-state index contributed by atoms with van der Waals surface area (Å²) < 4.78 is 0. The number of carbonyl (C=O) groups excluding carboxylic acids is 1. The highest BCUT2D eigenvalue weighted by Gasteiger charge is 2.21. The fourth-order valence-electron chi connectivity index (χ4n) is 1.41. The first kappa shape index (κ1) is 8.24. The Morgan fingerprint density at radius 2 is 2.45 bits per heavy atom. The van der Waals surface area contributed by atoms with Gasteiger partial charge in [0.1, 0.15) is 0 Å². The molecule has 3 heteroatoms. The summed E-state index contributed by atoms with van der Waals surface area (Å²) in [4.78, 5) is 16.7. The lowest BCUT2D eigenvalue weighted by atomic mass is 10.1. The number of amides is 1. The van der Waals surface area contributed by atoms with Crippen molar-refractivity contribution in [2.75, 3.05) is 20.1 Å². The summed E-state index contributed by atoms with van der Waals surface area (Å²) in [6.07, 6.45) is 3.00. The van der Waals surface area contributed by atoms with Gasteiger partial charge in [-0.25, -0.2) is 0 Å². The molecule has 1 atom stereocenters. The van der Waals surface area contributed by atoms with Crippen LogP contribution in [0.5, 0.6) is 0 Å². The maximum Gasteiger partial charge on any atom is 0.219 e. The number of rotatable bonds is 1. The Morgan fingerprint density at radius 3 is 2.91 bits per heavy atom. The lowest BCUT2D eigenvalue weighted by molar-refractivity contribution is -0.127. The van der Waals surface area contributed by atoms with Crippen LogP contribution in [-0.2, 0) is 4.79 Å². The molecule has 1 amide bonds. The van der Waals surface area contributed by atoms with Gasteiger partial charge in [0.2, 0.25) is 5.91 Å². The van der Waals surface area contributed by atoms with Crippen LogP contribution in [0, 0.1) is 5.92 Å². The van der Waals surface area contributed by atoms with Crippen LogP contribution >= 0.6 is 0 Å². The summed E-state index contributed by atoms with van der Waals surface area (Å²) in [5.74, 6) is 0.668. The molecule has 0 unspecified atom stereocenters. The van der Waals surface area contributed by atoms with Crippen molar-refractivity contribution in [2.45, 2.75) is 13.3 Å². The van der Waals surface area contributed by atoms with Crippen molar-refractivity contribution in [3.05, 3.63) is 0 Å². The molecule has 1 heterocycles. The Kier molecular flexibility index (Phi) is 2.63. The van der Waals surface area contributed by atoms with Gasteiger partial charge in [0.25, 0.3) is 0 Å². The molecule has 0 bridgehead atoms. The van der Waals surface area contributed by atoms with E-state index in [1.165, 1.54) is 0 Å². The molecular weight excluding hydrogens is 140 g/mol. The smallest absolute Gasteiger partial charge is 0.219 e. The van der Waals surface area contributed by atoms with E-state index in [0.717, 1.165) is 19.5 Å². The number of carbonyl (C=O) groups is 1. The minimum absolute atomic E-state index is 0.178. The van der Waals surface area contributed by atoms with Crippen LogP contribution in [0.15, 0.2) is 4.99 Å². The molecule has 1 rings (SSSR count). The SMILES string of the molecule is C/N=C\[C@H]1CCN(C(C)=O)C1. The van der Waals surface area contributed by atoms with Crippen molar-refractivity contribution in [2.24, 2.45) is 10.9 Å². The van der Waals surface area contributed by atoms with Crippen molar-refractivity contribution in [1.29, 1.82) is 0 Å². The van der Waals surface area contributed by atoms with Crippen LogP contribution in [0.25, 0.3) is 0 Å². The van der Waals surface area contributed by atoms with Crippen LogP contribution in [0.4, 0.5) is 0 Å². The van der Waals surface area contributed by atoms with Crippen LogP contribution in [0.1, 0.15) is 13.3 Å². The first-order valence-corrected chi connectivity index (χ1v) is 3.92. The van der Waals surface area contributed by atoms with Gasteiger partial charge in [-0.3, -0.25) is 4.79 Å². The molecule has 0 aromatic heterocycles. The zero-order valence-corrected chi connectivity index (χ0v) is 7.08. The van der Waals surface area contributed by atoms with Gasteiger partial charge in [-0.05, 0) is 6.42 Å². The Bertz CT molecular complexity index is 177. The van der Waals surface area contributed by atoms with Crippen molar-refractivity contribution in [1.82, 2.24) is 4.90 Å². The standard InChI is InChI=1S/C8H14N2O/c1-7(11)10-4-3-8(6-10)5-9-2/h5,8H,3-4,6H2,1-2H3/b9-5-/t8-/m1/s1. The van der Waals surface area contributed by atoms with Gasteiger partial charge in [0, 0.05) is 39.2 Å². The van der Waals surface area contributed by atoms with Crippen LogP contribution in [-0.4, -0.2) is 37.2 Å². The second-order valence-electron chi connectivity index (χ2n) is 2.92. The molecule has 1 fully saturated rings. The molecule has 0 N–H and O–H groups in total. The van der Waals surface area contributed by atoms with Gasteiger partial charge in [0.15, 0.2) is 0 Å². The molecule has 1 aliphatic rings. The maximum absolute atomic E-state index is 10.9. The first-order valence-electron chi connectivity index (χ1n) is 3.92. The topological polar surface area (TPSA) is 32.7 Å². The predicted octanol–water partition coefficient (Wildman–Crippen LogP) is 0.555. The molecule has 0 aromatic carbocycles. The third kappa shape index (κ3) is 2.03. The van der Waals surface area contributed by atoms with Gasteiger partial charge in [-0.15, -0.1) is 0 Å². The zero-order valence-electron chi connectivity index (χ0n) is 7.08. The van der Waals surface area contributed by atoms with Crippen molar-refractivity contribution in [3.8, 4) is 0 Å². The molecule has 0 radical (unpaired) electrons. The van der Waals surface area contributed by atoms with Crippen LogP contribution in [0.3, 0.4) is 0 Å². The van der Waals surface area contributed by atoms with Gasteiger partial charge in [-0.2, -0.15) is 0 Å². The van der Waals surface area contributed by atoms with E-state index in [2.05, 4.69) is 4.99 Å². The monoisotopic (exact) mass is 154 g/mol. The average molecular weight is 154 g/mol. The zero-order chi connectivity index (χ0) is 8.27. The molecule has 1 saturated heterocycles. The lowest BCUT2D eigenvalue weighted by Crippen LogP contribution is -2.25. The van der Waals surface area contributed by atoms with Crippen molar-refractivity contribution >= 4 is 12.1 Å². The summed E-state index contributed by atoms with van der Waals surface area (Å²) in [5, 5.41) is 0. The fraction of sp³-hybridized carbons (Fsp3) is 0.750. The van der Waals surface area contributed by atoms with Gasteiger partial charge in [0.05, 0.1) is 0 Å². The van der Waals surface area contributed by atoms with Gasteiger partial charge in [-0.1, -0.05) is 0 Å². The molecule has 3 nitrogen and oxygen atoms in total. The highest BCUT2D eigenvalue weighted by Crippen LogP contribution is 2.13. The summed E-state index contributed by atoms with van der Waals surface area (Å²) >= 11 is 0. The lowest BCUT2D eigenvalue weighted by Gasteiger charge is -2.11. The van der Waals surface area contributed by atoms with Gasteiger partial charge >= 0.3 is 0 Å². The molecular formula is C8H14N2O. The molecule has 0 aromatic rings. The Balaban J connectivity index is 2.40. The van der Waals surface area contributed by atoms with E-state index in [4.69, 9.17) is 0 Å². The minimum atomic E-state index is 0.178. The molecule has 0 saturated carbocycles. The number of nitrogens with zero attached hydrogens (tertiary/aromatic N) is 2. The maximum atomic E-state index is 10.9. The van der Waals surface area contributed by atoms with Crippen molar-refractivity contribution < 1.29 is 4.79 Å². The Morgan fingerprint density at radius 1 is 1.73 bits per heavy atom. The normalized spacial score (nSPS) is 24.9. The summed E-state index contributed by atoms with van der Waals surface area (Å²) in [6, 6.07) is 0. The van der Waals surface area contributed by atoms with E-state index < -0.39 is 0 Å². The van der Waals surface area contributed by atoms with E-state index in [1.54, 1.807) is 14.0 Å². The van der Waals surface area contributed by atoms with E-state index >= 15 is 0 Å². The highest BCUT2D eigenvalue weighted by atomic mass is 16.2.